The molecule has 1 aromatic heterocycles. The maximum Gasteiger partial charge on any atom is 0.335 e. The van der Waals surface area contributed by atoms with Crippen molar-refractivity contribution < 1.29 is 19.8 Å². The second kappa shape index (κ2) is 6.36. The molecule has 0 aliphatic heterocycles. The molecular formula is C16H16N2O4. The van der Waals surface area contributed by atoms with Crippen molar-refractivity contribution in [3.05, 3.63) is 64.5 Å². The van der Waals surface area contributed by atoms with Crippen LogP contribution in [0.3, 0.4) is 0 Å². The molecule has 1 aromatic carbocycles. The fourth-order valence-electron chi connectivity index (χ4n) is 2.11. The number of hydrogen-bond acceptors (Lipinski definition) is 4. The Morgan fingerprint density at radius 3 is 2.50 bits per heavy atom. The van der Waals surface area contributed by atoms with E-state index in [1.807, 2.05) is 19.1 Å². The summed E-state index contributed by atoms with van der Waals surface area (Å²) in [4.78, 5) is 27.0. The predicted octanol–water partition coefficient (Wildman–Crippen LogP) is 1.53. The van der Waals surface area contributed by atoms with Gasteiger partial charge in [-0.1, -0.05) is 24.3 Å². The number of benzene rings is 1. The summed E-state index contributed by atoms with van der Waals surface area (Å²) in [6.45, 7) is 1.83. The van der Waals surface area contributed by atoms with Gasteiger partial charge in [0.05, 0.1) is 11.3 Å². The molecule has 2 rings (SSSR count). The first-order valence-electron chi connectivity index (χ1n) is 6.65. The van der Waals surface area contributed by atoms with Crippen molar-refractivity contribution >= 4 is 11.9 Å². The standard InChI is InChI=1S/C16H16N2O4/c1-9-5-3-4-6-11(9)14(19)12-7-10(16(21)22)8-13(18-12)15(20)17-2/h3-8,14,19H,1-2H3,(H,17,20)(H,21,22)/t14-/m1/s1. The number of aliphatic hydroxyl groups is 1. The van der Waals surface area contributed by atoms with E-state index in [4.69, 9.17) is 5.11 Å². The number of aliphatic hydroxyl groups excluding tert-OH is 1. The molecule has 6 heteroatoms. The van der Waals surface area contributed by atoms with E-state index in [1.165, 1.54) is 19.2 Å². The van der Waals surface area contributed by atoms with Gasteiger partial charge in [0, 0.05) is 7.05 Å². The van der Waals surface area contributed by atoms with Crippen LogP contribution in [0.4, 0.5) is 0 Å². The smallest absolute Gasteiger partial charge is 0.335 e. The molecule has 0 aliphatic carbocycles. The van der Waals surface area contributed by atoms with Crippen LogP contribution in [0.15, 0.2) is 36.4 Å². The number of rotatable bonds is 4. The highest BCUT2D eigenvalue weighted by molar-refractivity contribution is 5.95. The van der Waals surface area contributed by atoms with Gasteiger partial charge in [-0.15, -0.1) is 0 Å². The topological polar surface area (TPSA) is 99.5 Å². The van der Waals surface area contributed by atoms with Crippen molar-refractivity contribution in [2.45, 2.75) is 13.0 Å². The molecular weight excluding hydrogens is 284 g/mol. The fraction of sp³-hybridized carbons (Fsp3) is 0.188. The Labute approximate surface area is 127 Å². The predicted molar refractivity (Wildman–Crippen MR) is 79.8 cm³/mol. The normalized spacial score (nSPS) is 11.8. The Morgan fingerprint density at radius 1 is 1.23 bits per heavy atom. The van der Waals surface area contributed by atoms with Gasteiger partial charge in [-0.2, -0.15) is 0 Å². The molecule has 2 aromatic rings. The first kappa shape index (κ1) is 15.7. The van der Waals surface area contributed by atoms with Gasteiger partial charge in [0.25, 0.3) is 5.91 Å². The summed E-state index contributed by atoms with van der Waals surface area (Å²) in [6, 6.07) is 9.62. The van der Waals surface area contributed by atoms with Gasteiger partial charge in [-0.3, -0.25) is 4.79 Å². The average molecular weight is 300 g/mol. The third kappa shape index (κ3) is 3.12. The Morgan fingerprint density at radius 2 is 1.91 bits per heavy atom. The highest BCUT2D eigenvalue weighted by Crippen LogP contribution is 2.24. The van der Waals surface area contributed by atoms with Crippen molar-refractivity contribution in [1.29, 1.82) is 0 Å². The maximum absolute atomic E-state index is 11.7. The first-order chi connectivity index (χ1) is 10.4. The molecule has 3 N–H and O–H groups in total. The molecule has 1 heterocycles. The number of carbonyl (C=O) groups is 2. The van der Waals surface area contributed by atoms with Crippen LogP contribution in [0.2, 0.25) is 0 Å². The molecule has 114 valence electrons. The molecule has 1 amide bonds. The fourth-order valence-corrected chi connectivity index (χ4v) is 2.11. The average Bonchev–Trinajstić information content (AvgIpc) is 2.53. The minimum Gasteiger partial charge on any atom is -0.478 e. The third-order valence-corrected chi connectivity index (χ3v) is 3.32. The number of hydrogen-bond donors (Lipinski definition) is 3. The van der Waals surface area contributed by atoms with Gasteiger partial charge < -0.3 is 15.5 Å². The molecule has 6 nitrogen and oxygen atoms in total. The summed E-state index contributed by atoms with van der Waals surface area (Å²) in [5, 5.41) is 22.0. The summed E-state index contributed by atoms with van der Waals surface area (Å²) >= 11 is 0. The summed E-state index contributed by atoms with van der Waals surface area (Å²) < 4.78 is 0. The number of aromatic carboxylic acids is 1. The molecule has 0 spiro atoms. The lowest BCUT2D eigenvalue weighted by molar-refractivity contribution is 0.0696. The van der Waals surface area contributed by atoms with Crippen molar-refractivity contribution in [3.8, 4) is 0 Å². The minimum absolute atomic E-state index is 0.0509. The Hall–Kier alpha value is -2.73. The van der Waals surface area contributed by atoms with E-state index < -0.39 is 18.0 Å². The van der Waals surface area contributed by atoms with Gasteiger partial charge in [-0.05, 0) is 30.2 Å². The van der Waals surface area contributed by atoms with E-state index in [0.717, 1.165) is 5.56 Å². The van der Waals surface area contributed by atoms with Gasteiger partial charge in [0.1, 0.15) is 11.8 Å². The van der Waals surface area contributed by atoms with Crippen LogP contribution in [0.25, 0.3) is 0 Å². The number of carboxylic acid groups (broad SMARTS) is 1. The first-order valence-corrected chi connectivity index (χ1v) is 6.65. The molecule has 0 saturated heterocycles. The molecule has 0 bridgehead atoms. The second-order valence-electron chi connectivity index (χ2n) is 4.81. The monoisotopic (exact) mass is 300 g/mol. The molecule has 22 heavy (non-hydrogen) atoms. The zero-order valence-electron chi connectivity index (χ0n) is 12.2. The van der Waals surface area contributed by atoms with Crippen LogP contribution in [-0.2, 0) is 0 Å². The molecule has 0 radical (unpaired) electrons. The van der Waals surface area contributed by atoms with Gasteiger partial charge in [0.2, 0.25) is 0 Å². The van der Waals surface area contributed by atoms with E-state index in [-0.39, 0.29) is 17.0 Å². The largest absolute Gasteiger partial charge is 0.478 e. The van der Waals surface area contributed by atoms with Gasteiger partial charge >= 0.3 is 5.97 Å². The molecule has 0 fully saturated rings. The van der Waals surface area contributed by atoms with Crippen molar-refractivity contribution in [3.63, 3.8) is 0 Å². The molecule has 0 aliphatic rings. The number of amides is 1. The highest BCUT2D eigenvalue weighted by Gasteiger charge is 2.19. The van der Waals surface area contributed by atoms with Crippen LogP contribution in [-0.4, -0.2) is 34.1 Å². The summed E-state index contributed by atoms with van der Waals surface area (Å²) in [5.41, 5.74) is 1.42. The number of carbonyl (C=O) groups excluding carboxylic acids is 1. The number of nitrogens with one attached hydrogen (secondary N) is 1. The molecule has 1 atom stereocenters. The lowest BCUT2D eigenvalue weighted by Gasteiger charge is -2.14. The Balaban J connectivity index is 2.54. The Bertz CT molecular complexity index is 728. The number of aryl methyl sites for hydroxylation is 1. The van der Waals surface area contributed by atoms with E-state index in [0.29, 0.717) is 5.56 Å². The zero-order chi connectivity index (χ0) is 16.3. The summed E-state index contributed by atoms with van der Waals surface area (Å²) in [7, 11) is 1.43. The van der Waals surface area contributed by atoms with Crippen molar-refractivity contribution in [2.24, 2.45) is 0 Å². The van der Waals surface area contributed by atoms with Crippen LogP contribution in [0.1, 0.15) is 43.8 Å². The van der Waals surface area contributed by atoms with Crippen molar-refractivity contribution in [2.75, 3.05) is 7.05 Å². The second-order valence-corrected chi connectivity index (χ2v) is 4.81. The van der Waals surface area contributed by atoms with Crippen LogP contribution in [0.5, 0.6) is 0 Å². The van der Waals surface area contributed by atoms with E-state index in [1.54, 1.807) is 12.1 Å². The van der Waals surface area contributed by atoms with E-state index >= 15 is 0 Å². The summed E-state index contributed by atoms with van der Waals surface area (Å²) in [5.74, 6) is -1.70. The number of carboxylic acids is 1. The number of aromatic nitrogens is 1. The van der Waals surface area contributed by atoms with Gasteiger partial charge in [0.15, 0.2) is 0 Å². The quantitative estimate of drug-likeness (QED) is 0.795. The van der Waals surface area contributed by atoms with Crippen LogP contribution >= 0.6 is 0 Å². The van der Waals surface area contributed by atoms with Crippen molar-refractivity contribution in [1.82, 2.24) is 10.3 Å². The highest BCUT2D eigenvalue weighted by atomic mass is 16.4. The lowest BCUT2D eigenvalue weighted by atomic mass is 9.99. The Kier molecular flexibility index (Phi) is 4.53. The number of nitrogens with zero attached hydrogens (tertiary/aromatic N) is 1. The van der Waals surface area contributed by atoms with E-state index in [9.17, 15) is 14.7 Å². The minimum atomic E-state index is -1.19. The van der Waals surface area contributed by atoms with E-state index in [2.05, 4.69) is 10.3 Å². The van der Waals surface area contributed by atoms with Crippen LogP contribution in [0, 0.1) is 6.92 Å². The molecule has 0 unspecified atom stereocenters. The zero-order valence-corrected chi connectivity index (χ0v) is 12.2. The third-order valence-electron chi connectivity index (χ3n) is 3.32. The van der Waals surface area contributed by atoms with Crippen LogP contribution < -0.4 is 5.32 Å². The van der Waals surface area contributed by atoms with Gasteiger partial charge in [-0.25, -0.2) is 9.78 Å². The number of pyridine rings is 1. The summed E-state index contributed by atoms with van der Waals surface area (Å²) in [6.07, 6.45) is -1.11. The lowest BCUT2D eigenvalue weighted by Crippen LogP contribution is -2.21. The maximum atomic E-state index is 11.7. The molecule has 0 saturated carbocycles. The SMILES string of the molecule is CNC(=O)c1cc(C(=O)O)cc([C@H](O)c2ccccc2C)n1.